The molecule has 1 saturated heterocycles. The zero-order valence-corrected chi connectivity index (χ0v) is 18.3. The van der Waals surface area contributed by atoms with Gasteiger partial charge in [0.1, 0.15) is 5.76 Å². The van der Waals surface area contributed by atoms with E-state index in [-0.39, 0.29) is 17.4 Å². The predicted octanol–water partition coefficient (Wildman–Crippen LogP) is 5.77. The zero-order chi connectivity index (χ0) is 22.2. The Morgan fingerprint density at radius 3 is 2.34 bits per heavy atom. The summed E-state index contributed by atoms with van der Waals surface area (Å²) in [5, 5.41) is 13.3. The number of ketones is 1. The Kier molecular flexibility index (Phi) is 5.30. The van der Waals surface area contributed by atoms with Crippen molar-refractivity contribution < 1.29 is 14.7 Å². The first-order chi connectivity index (χ1) is 15.6. The van der Waals surface area contributed by atoms with E-state index in [1.54, 1.807) is 4.90 Å². The van der Waals surface area contributed by atoms with E-state index in [4.69, 9.17) is 0 Å². The van der Waals surface area contributed by atoms with E-state index >= 15 is 0 Å². The minimum atomic E-state index is -0.591. The lowest BCUT2D eigenvalue weighted by molar-refractivity contribution is -0.141. The fourth-order valence-corrected chi connectivity index (χ4v) is 5.25. The number of amides is 1. The van der Waals surface area contributed by atoms with Crippen LogP contribution in [0.5, 0.6) is 0 Å². The van der Waals surface area contributed by atoms with Gasteiger partial charge < -0.3 is 10.0 Å². The van der Waals surface area contributed by atoms with E-state index in [2.05, 4.69) is 6.92 Å². The number of likely N-dealkylation sites (tertiary alicyclic amines) is 1. The van der Waals surface area contributed by atoms with Gasteiger partial charge in [-0.15, -0.1) is 0 Å². The number of Topliss-reactive ketones (excluding diaryl/α,β-unsaturated/α-hetero) is 1. The molecule has 5 rings (SSSR count). The molecule has 1 unspecified atom stereocenters. The van der Waals surface area contributed by atoms with Crippen molar-refractivity contribution in [1.29, 1.82) is 0 Å². The van der Waals surface area contributed by atoms with Crippen LogP contribution < -0.4 is 0 Å². The normalized spacial score (nSPS) is 21.0. The molecule has 4 heteroatoms. The third-order valence-electron chi connectivity index (χ3n) is 6.95. The van der Waals surface area contributed by atoms with Gasteiger partial charge in [0, 0.05) is 11.6 Å². The van der Waals surface area contributed by atoms with Crippen molar-refractivity contribution in [1.82, 2.24) is 4.90 Å². The molecule has 1 aliphatic carbocycles. The quantitative estimate of drug-likeness (QED) is 0.328. The minimum Gasteiger partial charge on any atom is -0.507 e. The number of carbonyl (C=O) groups is 2. The molecule has 2 aliphatic rings. The fraction of sp³-hybridized carbons (Fsp3) is 0.286. The van der Waals surface area contributed by atoms with Gasteiger partial charge in [0.05, 0.1) is 11.6 Å². The Labute approximate surface area is 188 Å². The molecule has 3 aromatic rings. The maximum absolute atomic E-state index is 13.3. The first kappa shape index (κ1) is 20.5. The third-order valence-corrected chi connectivity index (χ3v) is 6.95. The van der Waals surface area contributed by atoms with Crippen LogP contribution in [0.4, 0.5) is 0 Å². The van der Waals surface area contributed by atoms with Crippen molar-refractivity contribution in [2.75, 3.05) is 0 Å². The van der Waals surface area contributed by atoms with Crippen LogP contribution in [0, 0.1) is 0 Å². The van der Waals surface area contributed by atoms with Crippen molar-refractivity contribution in [3.05, 3.63) is 89.0 Å². The summed E-state index contributed by atoms with van der Waals surface area (Å²) in [4.78, 5) is 28.3. The van der Waals surface area contributed by atoms with Gasteiger partial charge in [-0.25, -0.2) is 0 Å². The first-order valence-electron chi connectivity index (χ1n) is 11.5. The Morgan fingerprint density at radius 1 is 0.938 bits per heavy atom. The molecule has 32 heavy (non-hydrogen) atoms. The van der Waals surface area contributed by atoms with Crippen molar-refractivity contribution >= 4 is 28.2 Å². The second kappa shape index (κ2) is 8.27. The van der Waals surface area contributed by atoms with Crippen LogP contribution in [-0.4, -0.2) is 27.7 Å². The average molecular weight is 426 g/mol. The Balaban J connectivity index is 1.72. The van der Waals surface area contributed by atoms with Crippen molar-refractivity contribution in [2.24, 2.45) is 0 Å². The summed E-state index contributed by atoms with van der Waals surface area (Å²) >= 11 is 0. The largest absolute Gasteiger partial charge is 0.507 e. The fourth-order valence-electron chi connectivity index (χ4n) is 5.25. The molecule has 4 nitrogen and oxygen atoms in total. The molecule has 162 valence electrons. The molecule has 0 aromatic heterocycles. The molecular formula is C28H27NO3. The molecular weight excluding hydrogens is 398 g/mol. The van der Waals surface area contributed by atoms with Crippen LogP contribution >= 0.6 is 0 Å². The molecule has 1 amide bonds. The molecule has 3 aromatic carbocycles. The van der Waals surface area contributed by atoms with Gasteiger partial charge in [-0.05, 0) is 41.2 Å². The van der Waals surface area contributed by atoms with E-state index in [0.717, 1.165) is 48.4 Å². The van der Waals surface area contributed by atoms with Gasteiger partial charge in [0.15, 0.2) is 0 Å². The summed E-state index contributed by atoms with van der Waals surface area (Å²) < 4.78 is 0. The third kappa shape index (κ3) is 3.31. The molecule has 0 spiro atoms. The van der Waals surface area contributed by atoms with Gasteiger partial charge in [-0.3, -0.25) is 9.59 Å². The lowest BCUT2D eigenvalue weighted by Crippen LogP contribution is -2.37. The number of aliphatic hydroxyl groups excluding tert-OH is 1. The summed E-state index contributed by atoms with van der Waals surface area (Å²) in [7, 11) is 0. The van der Waals surface area contributed by atoms with E-state index in [1.165, 1.54) is 5.56 Å². The number of hydrogen-bond acceptors (Lipinski definition) is 3. The number of aliphatic hydroxyl groups is 1. The predicted molar refractivity (Wildman–Crippen MR) is 126 cm³/mol. The molecule has 0 bridgehead atoms. The van der Waals surface area contributed by atoms with E-state index < -0.39 is 17.7 Å². The van der Waals surface area contributed by atoms with Gasteiger partial charge in [0.25, 0.3) is 11.7 Å². The molecule has 2 fully saturated rings. The zero-order valence-electron chi connectivity index (χ0n) is 18.3. The van der Waals surface area contributed by atoms with Crippen molar-refractivity contribution in [3.8, 4) is 0 Å². The number of benzene rings is 3. The highest BCUT2D eigenvalue weighted by molar-refractivity contribution is 6.46. The summed E-state index contributed by atoms with van der Waals surface area (Å²) in [6, 6.07) is 21.0. The van der Waals surface area contributed by atoms with E-state index in [9.17, 15) is 14.7 Å². The molecule has 1 aliphatic heterocycles. The summed E-state index contributed by atoms with van der Waals surface area (Å²) in [6.07, 6.45) is 4.81. The van der Waals surface area contributed by atoms with Crippen LogP contribution in [0.3, 0.4) is 0 Å². The highest BCUT2D eigenvalue weighted by Crippen LogP contribution is 2.44. The second-order valence-electron chi connectivity index (χ2n) is 8.77. The van der Waals surface area contributed by atoms with E-state index in [0.29, 0.717) is 5.56 Å². The highest BCUT2D eigenvalue weighted by Gasteiger charge is 2.49. The second-order valence-corrected chi connectivity index (χ2v) is 8.77. The standard InChI is InChI=1S/C28H27NO3/c1-2-18-14-16-20(17-15-18)25-24(27(31)28(32)29(25)21-10-4-5-11-21)26(30)23-13-7-9-19-8-3-6-12-22(19)23/h3,6-9,12-17,21,25,30H,2,4-5,10-11H2,1H3/b26-24-. The molecule has 1 heterocycles. The highest BCUT2D eigenvalue weighted by atomic mass is 16.3. The lowest BCUT2D eigenvalue weighted by Gasteiger charge is -2.31. The molecule has 1 N–H and O–H groups in total. The lowest BCUT2D eigenvalue weighted by atomic mass is 9.92. The van der Waals surface area contributed by atoms with Gasteiger partial charge in [-0.2, -0.15) is 0 Å². The minimum absolute atomic E-state index is 0.0279. The van der Waals surface area contributed by atoms with E-state index in [1.807, 2.05) is 66.7 Å². The van der Waals surface area contributed by atoms with Gasteiger partial charge in [-0.1, -0.05) is 86.5 Å². The molecule has 1 saturated carbocycles. The average Bonchev–Trinajstić information content (AvgIpc) is 3.45. The smallest absolute Gasteiger partial charge is 0.295 e. The van der Waals surface area contributed by atoms with Gasteiger partial charge >= 0.3 is 0 Å². The van der Waals surface area contributed by atoms with Crippen LogP contribution in [0.1, 0.15) is 55.3 Å². The monoisotopic (exact) mass is 425 g/mol. The maximum Gasteiger partial charge on any atom is 0.295 e. The Bertz CT molecular complexity index is 1210. The van der Waals surface area contributed by atoms with Crippen LogP contribution in [0.15, 0.2) is 72.3 Å². The number of fused-ring (bicyclic) bond motifs is 1. The Hall–Kier alpha value is -3.40. The number of carbonyl (C=O) groups excluding carboxylic acids is 2. The maximum atomic E-state index is 13.3. The van der Waals surface area contributed by atoms with Crippen molar-refractivity contribution in [2.45, 2.75) is 51.1 Å². The molecule has 1 atom stereocenters. The number of nitrogens with zero attached hydrogens (tertiary/aromatic N) is 1. The van der Waals surface area contributed by atoms with Crippen LogP contribution in [0.2, 0.25) is 0 Å². The number of rotatable bonds is 4. The van der Waals surface area contributed by atoms with Crippen LogP contribution in [0.25, 0.3) is 16.5 Å². The Morgan fingerprint density at radius 2 is 1.62 bits per heavy atom. The van der Waals surface area contributed by atoms with Gasteiger partial charge in [0.2, 0.25) is 0 Å². The van der Waals surface area contributed by atoms with Crippen LogP contribution in [-0.2, 0) is 16.0 Å². The summed E-state index contributed by atoms with van der Waals surface area (Å²) in [6.45, 7) is 2.10. The summed E-state index contributed by atoms with van der Waals surface area (Å²) in [5.41, 5.74) is 2.85. The SMILES string of the molecule is CCc1ccc(C2/C(=C(/O)c3cccc4ccccc34)C(=O)C(=O)N2C2CCCC2)cc1. The first-order valence-corrected chi connectivity index (χ1v) is 11.5. The number of hydrogen-bond donors (Lipinski definition) is 1. The topological polar surface area (TPSA) is 57.6 Å². The number of aryl methyl sites for hydroxylation is 1. The van der Waals surface area contributed by atoms with Crippen molar-refractivity contribution in [3.63, 3.8) is 0 Å². The molecule has 0 radical (unpaired) electrons. The summed E-state index contributed by atoms with van der Waals surface area (Å²) in [5.74, 6) is -1.18.